The molecule has 2 aromatic heterocycles. The van der Waals surface area contributed by atoms with Crippen LogP contribution in [0.3, 0.4) is 0 Å². The van der Waals surface area contributed by atoms with Crippen LogP contribution in [0, 0.1) is 0 Å². The Morgan fingerprint density at radius 3 is 2.49 bits per heavy atom. The summed E-state index contributed by atoms with van der Waals surface area (Å²) in [5.41, 5.74) is 3.09. The first-order valence-electron chi connectivity index (χ1n) is 11.5. The first-order valence-corrected chi connectivity index (χ1v) is 11.5. The number of hydrogen-bond donors (Lipinski definition) is 1. The zero-order valence-corrected chi connectivity index (χ0v) is 19.6. The SMILES string of the molecule is CC(OC(=O)NC1CC1c1ccc(-c2ncn(-c3ccc(OC(F)(F)F)cc3)n2)cc1)c1ccccn1. The Morgan fingerprint density at radius 2 is 1.81 bits per heavy atom. The molecule has 2 aromatic carbocycles. The smallest absolute Gasteiger partial charge is 0.440 e. The molecule has 5 rings (SSSR count). The van der Waals surface area contributed by atoms with Crippen molar-refractivity contribution in [3.05, 3.63) is 90.5 Å². The van der Waals surface area contributed by atoms with Crippen molar-refractivity contribution in [2.24, 2.45) is 0 Å². The van der Waals surface area contributed by atoms with Crippen LogP contribution in [0.4, 0.5) is 18.0 Å². The van der Waals surface area contributed by atoms with Crippen LogP contribution >= 0.6 is 0 Å². The summed E-state index contributed by atoms with van der Waals surface area (Å²) in [6.45, 7) is 1.78. The summed E-state index contributed by atoms with van der Waals surface area (Å²) in [7, 11) is 0. The molecule has 0 saturated heterocycles. The van der Waals surface area contributed by atoms with Crippen LogP contribution in [-0.4, -0.2) is 38.2 Å². The van der Waals surface area contributed by atoms with Crippen molar-refractivity contribution in [3.8, 4) is 22.8 Å². The molecule has 0 bridgehead atoms. The average Bonchev–Trinajstić information content (AvgIpc) is 3.45. The van der Waals surface area contributed by atoms with E-state index in [-0.39, 0.29) is 17.7 Å². The molecular formula is C26H22F3N5O3. The van der Waals surface area contributed by atoms with Gasteiger partial charge < -0.3 is 14.8 Å². The second-order valence-corrected chi connectivity index (χ2v) is 8.57. The van der Waals surface area contributed by atoms with Gasteiger partial charge in [-0.3, -0.25) is 4.98 Å². The topological polar surface area (TPSA) is 91.2 Å². The number of carbonyl (C=O) groups is 1. The van der Waals surface area contributed by atoms with Gasteiger partial charge in [-0.1, -0.05) is 30.3 Å². The summed E-state index contributed by atoms with van der Waals surface area (Å²) in [5.74, 6) is 0.352. The number of benzene rings is 2. The van der Waals surface area contributed by atoms with Gasteiger partial charge in [-0.15, -0.1) is 18.3 Å². The molecule has 1 aliphatic carbocycles. The van der Waals surface area contributed by atoms with E-state index in [0.29, 0.717) is 17.2 Å². The minimum Gasteiger partial charge on any atom is -0.440 e. The van der Waals surface area contributed by atoms with Gasteiger partial charge in [0.05, 0.1) is 11.4 Å². The van der Waals surface area contributed by atoms with Crippen LogP contribution in [0.1, 0.15) is 36.6 Å². The number of nitrogens with zero attached hydrogens (tertiary/aromatic N) is 4. The molecule has 1 N–H and O–H groups in total. The number of halogens is 3. The Morgan fingerprint density at radius 1 is 1.05 bits per heavy atom. The van der Waals surface area contributed by atoms with Gasteiger partial charge in [-0.25, -0.2) is 14.5 Å². The second kappa shape index (κ2) is 9.92. The van der Waals surface area contributed by atoms with E-state index in [2.05, 4.69) is 25.1 Å². The maximum atomic E-state index is 12.3. The zero-order chi connectivity index (χ0) is 26.0. The number of pyridine rings is 1. The highest BCUT2D eigenvalue weighted by molar-refractivity contribution is 5.69. The third-order valence-corrected chi connectivity index (χ3v) is 5.91. The van der Waals surface area contributed by atoms with Crippen molar-refractivity contribution in [2.45, 2.75) is 37.8 Å². The summed E-state index contributed by atoms with van der Waals surface area (Å²) < 4.78 is 47.8. The van der Waals surface area contributed by atoms with Gasteiger partial charge in [0.15, 0.2) is 5.82 Å². The summed E-state index contributed by atoms with van der Waals surface area (Å²) in [5, 5.41) is 7.31. The van der Waals surface area contributed by atoms with E-state index in [0.717, 1.165) is 17.5 Å². The van der Waals surface area contributed by atoms with Crippen molar-refractivity contribution in [1.82, 2.24) is 25.1 Å². The number of aromatic nitrogens is 4. The number of nitrogens with one attached hydrogen (secondary N) is 1. The average molecular weight is 509 g/mol. The van der Waals surface area contributed by atoms with Gasteiger partial charge in [0.2, 0.25) is 0 Å². The summed E-state index contributed by atoms with van der Waals surface area (Å²) in [4.78, 5) is 20.8. The van der Waals surface area contributed by atoms with E-state index in [9.17, 15) is 18.0 Å². The maximum Gasteiger partial charge on any atom is 0.573 e. The zero-order valence-electron chi connectivity index (χ0n) is 19.6. The highest BCUT2D eigenvalue weighted by atomic mass is 19.4. The summed E-state index contributed by atoms with van der Waals surface area (Å²) >= 11 is 0. The van der Waals surface area contributed by atoms with Crippen LogP contribution in [0.5, 0.6) is 5.75 Å². The number of alkyl carbamates (subject to hydrolysis) is 1. The number of hydrogen-bond acceptors (Lipinski definition) is 6. The molecule has 1 saturated carbocycles. The van der Waals surface area contributed by atoms with Crippen LogP contribution in [0.25, 0.3) is 17.1 Å². The Balaban J connectivity index is 1.16. The molecule has 0 spiro atoms. The number of ether oxygens (including phenoxy) is 2. The first kappa shape index (κ1) is 24.3. The van der Waals surface area contributed by atoms with Gasteiger partial charge in [0.25, 0.3) is 0 Å². The Bertz CT molecular complexity index is 1360. The van der Waals surface area contributed by atoms with Crippen LogP contribution < -0.4 is 10.1 Å². The number of alkyl halides is 3. The lowest BCUT2D eigenvalue weighted by atomic mass is 10.1. The lowest BCUT2D eigenvalue weighted by molar-refractivity contribution is -0.274. The predicted molar refractivity (Wildman–Crippen MR) is 127 cm³/mol. The minimum atomic E-state index is -4.74. The molecule has 1 aliphatic rings. The molecule has 37 heavy (non-hydrogen) atoms. The van der Waals surface area contributed by atoms with Gasteiger partial charge in [0.1, 0.15) is 18.2 Å². The Kier molecular flexibility index (Phi) is 6.51. The largest absolute Gasteiger partial charge is 0.573 e. The molecule has 11 heteroatoms. The number of rotatable bonds is 7. The quantitative estimate of drug-likeness (QED) is 0.350. The van der Waals surface area contributed by atoms with Crippen LogP contribution in [0.2, 0.25) is 0 Å². The molecule has 3 unspecified atom stereocenters. The fourth-order valence-electron chi connectivity index (χ4n) is 3.95. The molecule has 2 heterocycles. The van der Waals surface area contributed by atoms with Crippen molar-refractivity contribution in [2.75, 3.05) is 0 Å². The van der Waals surface area contributed by atoms with Crippen molar-refractivity contribution < 1.29 is 27.4 Å². The lowest BCUT2D eigenvalue weighted by Gasteiger charge is -2.13. The fourth-order valence-corrected chi connectivity index (χ4v) is 3.95. The Hall–Kier alpha value is -4.41. The minimum absolute atomic E-state index is 0.00378. The highest BCUT2D eigenvalue weighted by Gasteiger charge is 2.40. The van der Waals surface area contributed by atoms with E-state index < -0.39 is 18.6 Å². The molecule has 8 nitrogen and oxygen atoms in total. The molecule has 1 fully saturated rings. The highest BCUT2D eigenvalue weighted by Crippen LogP contribution is 2.41. The first-order chi connectivity index (χ1) is 17.7. The van der Waals surface area contributed by atoms with Crippen molar-refractivity contribution in [1.29, 1.82) is 0 Å². The van der Waals surface area contributed by atoms with Gasteiger partial charge in [0, 0.05) is 23.7 Å². The van der Waals surface area contributed by atoms with Gasteiger partial charge in [-0.05, 0) is 55.3 Å². The van der Waals surface area contributed by atoms with Gasteiger partial charge in [-0.2, -0.15) is 0 Å². The molecule has 190 valence electrons. The molecule has 1 amide bonds. The Labute approximate surface area is 210 Å². The molecule has 4 aromatic rings. The van der Waals surface area contributed by atoms with Crippen LogP contribution in [0.15, 0.2) is 79.3 Å². The lowest BCUT2D eigenvalue weighted by Crippen LogP contribution is -2.28. The third kappa shape index (κ3) is 6.05. The summed E-state index contributed by atoms with van der Waals surface area (Å²) in [6, 6.07) is 18.5. The van der Waals surface area contributed by atoms with Crippen molar-refractivity contribution in [3.63, 3.8) is 0 Å². The number of carbonyl (C=O) groups excluding carboxylic acids is 1. The number of amides is 1. The van der Waals surface area contributed by atoms with E-state index in [1.54, 1.807) is 25.3 Å². The van der Waals surface area contributed by atoms with E-state index in [1.165, 1.54) is 35.3 Å². The standard InChI is InChI=1S/C26H22F3N5O3/c1-16(22-4-2-3-13-30-22)36-25(35)32-23-14-21(23)17-5-7-18(8-6-17)24-31-15-34(33-24)19-9-11-20(12-10-19)37-26(27,28)29/h2-13,15-16,21,23H,14H2,1H3,(H,32,35). The van der Waals surface area contributed by atoms with E-state index >= 15 is 0 Å². The maximum absolute atomic E-state index is 12.3. The normalized spacial score (nSPS) is 17.6. The van der Waals surface area contributed by atoms with E-state index in [1.807, 2.05) is 30.3 Å². The fraction of sp³-hybridized carbons (Fsp3) is 0.231. The molecule has 3 atom stereocenters. The molecular weight excluding hydrogens is 487 g/mol. The predicted octanol–water partition coefficient (Wildman–Crippen LogP) is 5.57. The van der Waals surface area contributed by atoms with Crippen molar-refractivity contribution >= 4 is 6.09 Å². The third-order valence-electron chi connectivity index (χ3n) is 5.91. The summed E-state index contributed by atoms with van der Waals surface area (Å²) in [6.07, 6.45) is -1.71. The monoisotopic (exact) mass is 509 g/mol. The van der Waals surface area contributed by atoms with E-state index in [4.69, 9.17) is 4.74 Å². The second-order valence-electron chi connectivity index (χ2n) is 8.57. The molecule has 0 radical (unpaired) electrons. The van der Waals surface area contributed by atoms with Crippen LogP contribution in [-0.2, 0) is 4.74 Å². The molecule has 0 aliphatic heterocycles. The van der Waals surface area contributed by atoms with Gasteiger partial charge >= 0.3 is 12.5 Å².